The summed E-state index contributed by atoms with van der Waals surface area (Å²) in [6, 6.07) is 8.49. The van der Waals surface area contributed by atoms with Gasteiger partial charge in [-0.15, -0.1) is 0 Å². The molecule has 2 aliphatic rings. The number of nitrogens with zero attached hydrogens (tertiary/aromatic N) is 2. The highest BCUT2D eigenvalue weighted by Gasteiger charge is 2.54. The Balaban J connectivity index is 1.33. The van der Waals surface area contributed by atoms with Crippen LogP contribution in [0, 0.1) is 6.92 Å². The zero-order valence-electron chi connectivity index (χ0n) is 19.0. The molecule has 1 aromatic carbocycles. The minimum absolute atomic E-state index is 0.180. The standard InChI is InChI=1S/C22H25ClN3O8P/c1-12-24-19-15(20(28)25-12)6-7-26(19)21-22(2,29)18(27)17(33-21)10-32-35(30)11-31-9-16(34-35)13-4-3-5-14(23)8-13/h3-8,16-18,21,27,29H,9-11H2,1-2H3,(H,24,25,28)/t16?,17-,18-,21-,22-,35?/m1/s1. The van der Waals surface area contributed by atoms with Crippen LogP contribution >= 0.6 is 19.2 Å². The number of hydrogen-bond donors (Lipinski definition) is 3. The van der Waals surface area contributed by atoms with Crippen molar-refractivity contribution in [3.63, 3.8) is 0 Å². The Morgan fingerprint density at radius 3 is 2.97 bits per heavy atom. The molecule has 188 valence electrons. The molecule has 13 heteroatoms. The topological polar surface area (TPSA) is 145 Å². The van der Waals surface area contributed by atoms with Crippen molar-refractivity contribution in [1.82, 2.24) is 14.5 Å². The molecule has 5 rings (SSSR count). The monoisotopic (exact) mass is 525 g/mol. The number of aromatic amines is 1. The SMILES string of the molecule is Cc1nc2c(ccn2[C@@H]2O[C@H](COP3(=O)COCC(c4cccc(Cl)c4)O3)[C@@H](O)[C@@]2(C)O)c(=O)[nH]1. The van der Waals surface area contributed by atoms with E-state index in [0.29, 0.717) is 27.4 Å². The molecule has 0 spiro atoms. The van der Waals surface area contributed by atoms with Gasteiger partial charge in [0.15, 0.2) is 6.23 Å². The van der Waals surface area contributed by atoms with Gasteiger partial charge in [-0.1, -0.05) is 23.7 Å². The summed E-state index contributed by atoms with van der Waals surface area (Å²) in [5.41, 5.74) is -1.10. The van der Waals surface area contributed by atoms with Crippen LogP contribution < -0.4 is 5.56 Å². The molecule has 0 bridgehead atoms. The van der Waals surface area contributed by atoms with Crippen molar-refractivity contribution in [2.45, 2.75) is 44.0 Å². The first-order valence-electron chi connectivity index (χ1n) is 11.0. The van der Waals surface area contributed by atoms with E-state index < -0.39 is 37.7 Å². The molecule has 3 aromatic rings. The molecule has 2 unspecified atom stereocenters. The van der Waals surface area contributed by atoms with Crippen LogP contribution in [0.1, 0.15) is 30.6 Å². The van der Waals surface area contributed by atoms with Gasteiger partial charge in [-0.2, -0.15) is 0 Å². The lowest BCUT2D eigenvalue weighted by Gasteiger charge is -2.30. The van der Waals surface area contributed by atoms with Crippen molar-refractivity contribution in [3.8, 4) is 0 Å². The van der Waals surface area contributed by atoms with E-state index in [1.807, 2.05) is 0 Å². The molecule has 4 heterocycles. The van der Waals surface area contributed by atoms with Gasteiger partial charge in [0, 0.05) is 11.2 Å². The second kappa shape index (κ2) is 9.10. The third-order valence-electron chi connectivity index (χ3n) is 6.17. The molecule has 35 heavy (non-hydrogen) atoms. The first-order chi connectivity index (χ1) is 16.6. The van der Waals surface area contributed by atoms with Crippen molar-refractivity contribution in [2.75, 3.05) is 19.6 Å². The zero-order valence-corrected chi connectivity index (χ0v) is 20.6. The minimum Gasteiger partial charge on any atom is -0.387 e. The lowest BCUT2D eigenvalue weighted by Crippen LogP contribution is -2.44. The maximum Gasteiger partial charge on any atom is 0.356 e. The van der Waals surface area contributed by atoms with Crippen LogP contribution in [0.2, 0.25) is 5.02 Å². The number of H-pyrrole nitrogens is 1. The molecule has 0 radical (unpaired) electrons. The van der Waals surface area contributed by atoms with Crippen molar-refractivity contribution >= 4 is 30.2 Å². The Hall–Kier alpha value is -2.08. The normalized spacial score (nSPS) is 33.4. The number of aryl methyl sites for hydroxylation is 1. The Kier molecular flexibility index (Phi) is 6.40. The van der Waals surface area contributed by atoms with Crippen LogP contribution in [0.15, 0.2) is 41.3 Å². The highest BCUT2D eigenvalue weighted by Crippen LogP contribution is 2.55. The zero-order chi connectivity index (χ0) is 25.0. The molecule has 11 nitrogen and oxygen atoms in total. The number of hydrogen-bond acceptors (Lipinski definition) is 9. The average Bonchev–Trinajstić information content (AvgIpc) is 3.31. The molecule has 2 aliphatic heterocycles. The van der Waals surface area contributed by atoms with E-state index in [2.05, 4.69) is 9.97 Å². The number of aliphatic hydroxyl groups is 2. The van der Waals surface area contributed by atoms with Crippen LogP contribution in [0.4, 0.5) is 0 Å². The fraction of sp³-hybridized carbons (Fsp3) is 0.455. The molecule has 0 amide bonds. The van der Waals surface area contributed by atoms with Crippen molar-refractivity contribution in [3.05, 3.63) is 63.3 Å². The highest BCUT2D eigenvalue weighted by atomic mass is 35.5. The maximum absolute atomic E-state index is 13.2. The molecule has 6 atom stereocenters. The summed E-state index contributed by atoms with van der Waals surface area (Å²) in [5.74, 6) is 0.391. The molecular weight excluding hydrogens is 501 g/mol. The summed E-state index contributed by atoms with van der Waals surface area (Å²) in [6.45, 7) is 2.89. The number of rotatable bonds is 5. The molecule has 2 aromatic heterocycles. The molecular formula is C22H25ClN3O8P. The third-order valence-corrected chi connectivity index (χ3v) is 8.02. The van der Waals surface area contributed by atoms with Crippen molar-refractivity contribution in [1.29, 1.82) is 0 Å². The first kappa shape index (κ1) is 24.6. The van der Waals surface area contributed by atoms with E-state index >= 15 is 0 Å². The molecule has 0 saturated carbocycles. The molecule has 0 aliphatic carbocycles. The van der Waals surface area contributed by atoms with Gasteiger partial charge >= 0.3 is 7.60 Å². The van der Waals surface area contributed by atoms with Gasteiger partial charge in [0.25, 0.3) is 5.56 Å². The van der Waals surface area contributed by atoms with Crippen LogP contribution in [0.25, 0.3) is 11.0 Å². The van der Waals surface area contributed by atoms with Crippen LogP contribution in [-0.2, 0) is 23.1 Å². The maximum atomic E-state index is 13.2. The fourth-order valence-electron chi connectivity index (χ4n) is 4.36. The lowest BCUT2D eigenvalue weighted by molar-refractivity contribution is -0.0949. The van der Waals surface area contributed by atoms with E-state index in [9.17, 15) is 19.6 Å². The number of aromatic nitrogens is 3. The van der Waals surface area contributed by atoms with Crippen LogP contribution in [0.3, 0.4) is 0 Å². The van der Waals surface area contributed by atoms with Crippen LogP contribution in [0.5, 0.6) is 0 Å². The quantitative estimate of drug-likeness (QED) is 0.428. The largest absolute Gasteiger partial charge is 0.387 e. The smallest absolute Gasteiger partial charge is 0.356 e. The van der Waals surface area contributed by atoms with Gasteiger partial charge in [-0.25, -0.2) is 4.98 Å². The molecule has 2 fully saturated rings. The number of halogens is 1. The van der Waals surface area contributed by atoms with Gasteiger partial charge < -0.3 is 33.8 Å². The number of nitrogens with one attached hydrogen (secondary N) is 1. The predicted molar refractivity (Wildman–Crippen MR) is 125 cm³/mol. The Labute approximate surface area is 205 Å². The summed E-state index contributed by atoms with van der Waals surface area (Å²) in [5, 5.41) is 22.7. The second-order valence-electron chi connectivity index (χ2n) is 8.86. The van der Waals surface area contributed by atoms with E-state index in [1.165, 1.54) is 11.5 Å². The minimum atomic E-state index is -3.71. The number of benzene rings is 1. The van der Waals surface area contributed by atoms with E-state index in [0.717, 1.165) is 0 Å². The summed E-state index contributed by atoms with van der Waals surface area (Å²) in [4.78, 5) is 19.2. The third kappa shape index (κ3) is 4.59. The van der Waals surface area contributed by atoms with Crippen molar-refractivity contribution < 1.29 is 33.3 Å². The fourth-order valence-corrected chi connectivity index (χ4v) is 6.03. The Morgan fingerprint density at radius 2 is 2.20 bits per heavy atom. The van der Waals surface area contributed by atoms with Gasteiger partial charge in [0.2, 0.25) is 0 Å². The summed E-state index contributed by atoms with van der Waals surface area (Å²) >= 11 is 6.04. The molecule has 2 saturated heterocycles. The molecule has 3 N–H and O–H groups in total. The average molecular weight is 526 g/mol. The lowest BCUT2D eigenvalue weighted by atomic mass is 9.96. The highest BCUT2D eigenvalue weighted by molar-refractivity contribution is 7.53. The van der Waals surface area contributed by atoms with Gasteiger partial charge in [-0.05, 0) is 37.6 Å². The summed E-state index contributed by atoms with van der Waals surface area (Å²) < 4.78 is 37.5. The van der Waals surface area contributed by atoms with Crippen molar-refractivity contribution in [2.24, 2.45) is 0 Å². The number of aliphatic hydroxyl groups excluding tert-OH is 1. The van der Waals surface area contributed by atoms with E-state index in [-0.39, 0.29) is 25.1 Å². The van der Waals surface area contributed by atoms with Crippen LogP contribution in [-0.4, -0.2) is 62.1 Å². The summed E-state index contributed by atoms with van der Waals surface area (Å²) in [6.07, 6.45) is -2.87. The van der Waals surface area contributed by atoms with Gasteiger partial charge in [-0.3, -0.25) is 13.9 Å². The first-order valence-corrected chi connectivity index (χ1v) is 13.1. The Bertz CT molecular complexity index is 1360. The van der Waals surface area contributed by atoms with E-state index in [1.54, 1.807) is 43.5 Å². The number of ether oxygens (including phenoxy) is 2. The van der Waals surface area contributed by atoms with E-state index in [4.69, 9.17) is 30.1 Å². The predicted octanol–water partition coefficient (Wildman–Crippen LogP) is 2.65. The summed E-state index contributed by atoms with van der Waals surface area (Å²) in [7, 11) is -3.71. The Morgan fingerprint density at radius 1 is 1.40 bits per heavy atom. The number of fused-ring (bicyclic) bond motifs is 1. The van der Waals surface area contributed by atoms with Gasteiger partial charge in [0.05, 0.1) is 18.6 Å². The van der Waals surface area contributed by atoms with Gasteiger partial charge in [0.1, 0.15) is 41.7 Å². The second-order valence-corrected chi connectivity index (χ2v) is 11.3.